The van der Waals surface area contributed by atoms with E-state index in [0.717, 1.165) is 36.1 Å². The molecule has 0 spiro atoms. The van der Waals surface area contributed by atoms with Gasteiger partial charge in [-0.05, 0) is 48.6 Å². The van der Waals surface area contributed by atoms with Gasteiger partial charge < -0.3 is 10.2 Å². The molecule has 0 unspecified atom stereocenters. The lowest BCUT2D eigenvalue weighted by atomic mass is 10.0. The van der Waals surface area contributed by atoms with Gasteiger partial charge in [-0.2, -0.15) is 15.0 Å². The van der Waals surface area contributed by atoms with Crippen molar-refractivity contribution in [1.29, 1.82) is 0 Å². The Hall–Kier alpha value is -2.89. The Morgan fingerprint density at radius 2 is 1.79 bits per heavy atom. The smallest absolute Gasteiger partial charge is 0.246 e. The van der Waals surface area contributed by atoms with Crippen molar-refractivity contribution in [1.82, 2.24) is 19.9 Å². The maximum Gasteiger partial charge on any atom is 0.246 e. The number of aromatic nitrogens is 3. The van der Waals surface area contributed by atoms with E-state index in [9.17, 15) is 4.79 Å². The van der Waals surface area contributed by atoms with Gasteiger partial charge in [0.05, 0.1) is 0 Å². The quantitative estimate of drug-likeness (QED) is 0.737. The number of rotatable bonds is 5. The molecule has 4 rings (SSSR count). The molecule has 0 bridgehead atoms. The summed E-state index contributed by atoms with van der Waals surface area (Å²) in [5, 5.41) is 12.4. The zero-order chi connectivity index (χ0) is 19.5. The number of piperidine rings is 1. The summed E-state index contributed by atoms with van der Waals surface area (Å²) >= 11 is 0. The Bertz CT molecular complexity index is 914. The molecule has 1 fully saturated rings. The van der Waals surface area contributed by atoms with E-state index in [1.165, 1.54) is 10.4 Å². The van der Waals surface area contributed by atoms with Gasteiger partial charge in [-0.25, -0.2) is 0 Å². The first kappa shape index (κ1) is 18.5. The van der Waals surface area contributed by atoms with Crippen LogP contribution in [0.15, 0.2) is 48.5 Å². The number of likely N-dealkylation sites (tertiary alicyclic amines) is 1. The molecule has 1 aliphatic heterocycles. The number of carbonyl (C=O) groups excluding carboxylic acids is 1. The lowest BCUT2D eigenvalue weighted by Gasteiger charge is -2.33. The number of carbonyl (C=O) groups is 1. The Kier molecular flexibility index (Phi) is 5.28. The first-order valence-electron chi connectivity index (χ1n) is 10.0. The van der Waals surface area contributed by atoms with Crippen LogP contribution >= 0.6 is 0 Å². The summed E-state index contributed by atoms with van der Waals surface area (Å²) in [6.45, 7) is 6.09. The normalized spacial score (nSPS) is 17.2. The van der Waals surface area contributed by atoms with Crippen molar-refractivity contribution in [3.63, 3.8) is 0 Å². The lowest BCUT2D eigenvalue weighted by molar-refractivity contribution is -0.133. The zero-order valence-electron chi connectivity index (χ0n) is 16.5. The van der Waals surface area contributed by atoms with E-state index in [2.05, 4.69) is 53.6 Å². The van der Waals surface area contributed by atoms with Crippen LogP contribution in [-0.2, 0) is 11.3 Å². The lowest BCUT2D eigenvalue weighted by Crippen LogP contribution is -2.46. The Morgan fingerprint density at radius 3 is 2.43 bits per heavy atom. The Morgan fingerprint density at radius 1 is 1.11 bits per heavy atom. The van der Waals surface area contributed by atoms with Gasteiger partial charge >= 0.3 is 0 Å². The van der Waals surface area contributed by atoms with Crippen LogP contribution < -0.4 is 5.32 Å². The SMILES string of the molecule is CC(C)c1ccc(N[C@H]2CCCN(C(=O)Cn3nc4ccccc4n3)C2)cc1. The topological polar surface area (TPSA) is 63.1 Å². The highest BCUT2D eigenvalue weighted by molar-refractivity contribution is 5.77. The largest absolute Gasteiger partial charge is 0.381 e. The first-order valence-corrected chi connectivity index (χ1v) is 10.0. The van der Waals surface area contributed by atoms with Gasteiger partial charge in [0.15, 0.2) is 0 Å². The third-order valence-electron chi connectivity index (χ3n) is 5.33. The van der Waals surface area contributed by atoms with E-state index >= 15 is 0 Å². The van der Waals surface area contributed by atoms with E-state index in [0.29, 0.717) is 12.5 Å². The molecular weight excluding hydrogens is 350 g/mol. The van der Waals surface area contributed by atoms with Gasteiger partial charge in [-0.15, -0.1) is 0 Å². The molecular formula is C22H27N5O. The summed E-state index contributed by atoms with van der Waals surface area (Å²) < 4.78 is 0. The first-order chi connectivity index (χ1) is 13.6. The Balaban J connectivity index is 1.36. The molecule has 0 aliphatic carbocycles. The van der Waals surface area contributed by atoms with Gasteiger partial charge in [-0.1, -0.05) is 38.1 Å². The standard InChI is InChI=1S/C22H27N5O/c1-16(2)17-9-11-18(12-10-17)23-19-6-5-13-26(14-19)22(28)15-27-24-20-7-3-4-8-21(20)25-27/h3-4,7-12,16,19,23H,5-6,13-15H2,1-2H3/t19-/m0/s1. The van der Waals surface area contributed by atoms with Gasteiger partial charge in [0.25, 0.3) is 0 Å². The molecule has 1 aromatic heterocycles. The van der Waals surface area contributed by atoms with E-state index < -0.39 is 0 Å². The number of amides is 1. The van der Waals surface area contributed by atoms with Crippen LogP contribution in [0.25, 0.3) is 11.0 Å². The average molecular weight is 377 g/mol. The molecule has 2 aromatic carbocycles. The summed E-state index contributed by atoms with van der Waals surface area (Å²) in [5.41, 5.74) is 4.09. The highest BCUT2D eigenvalue weighted by Crippen LogP contribution is 2.20. The van der Waals surface area contributed by atoms with Crippen LogP contribution in [-0.4, -0.2) is 44.9 Å². The molecule has 1 aliphatic rings. The fourth-order valence-corrected chi connectivity index (χ4v) is 3.72. The van der Waals surface area contributed by atoms with Crippen LogP contribution in [0.2, 0.25) is 0 Å². The molecule has 1 saturated heterocycles. The van der Waals surface area contributed by atoms with Crippen molar-refractivity contribution in [2.75, 3.05) is 18.4 Å². The molecule has 2 heterocycles. The summed E-state index contributed by atoms with van der Waals surface area (Å²) in [6, 6.07) is 16.6. The predicted molar refractivity (Wildman–Crippen MR) is 111 cm³/mol. The molecule has 1 N–H and O–H groups in total. The number of benzene rings is 2. The van der Waals surface area contributed by atoms with Crippen molar-refractivity contribution in [3.05, 3.63) is 54.1 Å². The van der Waals surface area contributed by atoms with Crippen molar-refractivity contribution in [2.24, 2.45) is 0 Å². The number of nitrogens with one attached hydrogen (secondary N) is 1. The van der Waals surface area contributed by atoms with Gasteiger partial charge in [0.1, 0.15) is 17.6 Å². The van der Waals surface area contributed by atoms with Crippen molar-refractivity contribution in [2.45, 2.75) is 45.2 Å². The number of hydrogen-bond acceptors (Lipinski definition) is 4. The van der Waals surface area contributed by atoms with E-state index in [1.807, 2.05) is 29.2 Å². The Labute approximate surface area is 165 Å². The minimum Gasteiger partial charge on any atom is -0.381 e. The third-order valence-corrected chi connectivity index (χ3v) is 5.33. The van der Waals surface area contributed by atoms with Crippen molar-refractivity contribution in [3.8, 4) is 0 Å². The molecule has 1 amide bonds. The van der Waals surface area contributed by atoms with Crippen molar-refractivity contribution < 1.29 is 4.79 Å². The molecule has 0 saturated carbocycles. The zero-order valence-corrected chi connectivity index (χ0v) is 16.5. The summed E-state index contributed by atoms with van der Waals surface area (Å²) in [5.74, 6) is 0.603. The molecule has 1 atom stereocenters. The highest BCUT2D eigenvalue weighted by atomic mass is 16.2. The van der Waals surface area contributed by atoms with Crippen LogP contribution in [0.1, 0.15) is 38.2 Å². The average Bonchev–Trinajstić information content (AvgIpc) is 3.11. The summed E-state index contributed by atoms with van der Waals surface area (Å²) in [6.07, 6.45) is 2.07. The molecule has 0 radical (unpaired) electrons. The van der Waals surface area contributed by atoms with E-state index in [4.69, 9.17) is 0 Å². The van der Waals surface area contributed by atoms with Gasteiger partial charge in [0, 0.05) is 24.8 Å². The number of fused-ring (bicyclic) bond motifs is 1. The molecule has 6 heteroatoms. The minimum absolute atomic E-state index is 0.0713. The van der Waals surface area contributed by atoms with Crippen LogP contribution in [0.3, 0.4) is 0 Å². The van der Waals surface area contributed by atoms with E-state index in [-0.39, 0.29) is 18.5 Å². The highest BCUT2D eigenvalue weighted by Gasteiger charge is 2.24. The molecule has 28 heavy (non-hydrogen) atoms. The minimum atomic E-state index is 0.0713. The second-order valence-electron chi connectivity index (χ2n) is 7.82. The monoisotopic (exact) mass is 377 g/mol. The van der Waals surface area contributed by atoms with Crippen LogP contribution in [0.5, 0.6) is 0 Å². The van der Waals surface area contributed by atoms with Crippen LogP contribution in [0, 0.1) is 0 Å². The third kappa shape index (κ3) is 4.16. The second-order valence-corrected chi connectivity index (χ2v) is 7.82. The second kappa shape index (κ2) is 8.00. The van der Waals surface area contributed by atoms with Crippen molar-refractivity contribution >= 4 is 22.6 Å². The van der Waals surface area contributed by atoms with Gasteiger partial charge in [0.2, 0.25) is 5.91 Å². The predicted octanol–water partition coefficient (Wildman–Crippen LogP) is 3.66. The summed E-state index contributed by atoms with van der Waals surface area (Å²) in [7, 11) is 0. The maximum absolute atomic E-state index is 12.8. The number of nitrogens with zero attached hydrogens (tertiary/aromatic N) is 4. The van der Waals surface area contributed by atoms with Gasteiger partial charge in [-0.3, -0.25) is 4.79 Å². The fourth-order valence-electron chi connectivity index (χ4n) is 3.72. The van der Waals surface area contributed by atoms with E-state index in [1.54, 1.807) is 0 Å². The molecule has 146 valence electrons. The summed E-state index contributed by atoms with van der Waals surface area (Å²) in [4.78, 5) is 16.2. The molecule has 6 nitrogen and oxygen atoms in total. The fraction of sp³-hybridized carbons (Fsp3) is 0.409. The maximum atomic E-state index is 12.8. The molecule has 3 aromatic rings. The number of anilines is 1. The van der Waals surface area contributed by atoms with Crippen LogP contribution in [0.4, 0.5) is 5.69 Å². The number of hydrogen-bond donors (Lipinski definition) is 1.